The van der Waals surface area contributed by atoms with E-state index < -0.39 is 5.41 Å². The van der Waals surface area contributed by atoms with Crippen molar-refractivity contribution in [2.45, 2.75) is 79.1 Å². The van der Waals surface area contributed by atoms with E-state index in [1.807, 2.05) is 13.8 Å². The van der Waals surface area contributed by atoms with Crippen LogP contribution < -0.4 is 0 Å². The molecular formula is C23H34O3. The van der Waals surface area contributed by atoms with Crippen molar-refractivity contribution in [3.63, 3.8) is 0 Å². The number of carbonyl (C=O) groups excluding carboxylic acids is 2. The Morgan fingerprint density at radius 2 is 1.85 bits per heavy atom. The van der Waals surface area contributed by atoms with Crippen molar-refractivity contribution in [1.82, 2.24) is 0 Å². The predicted molar refractivity (Wildman–Crippen MR) is 101 cm³/mol. The molecule has 26 heavy (non-hydrogen) atoms. The van der Waals surface area contributed by atoms with Crippen molar-refractivity contribution in [3.05, 3.63) is 12.2 Å². The molecule has 0 amide bonds. The number of allylic oxidation sites excluding steroid dienone is 1. The molecule has 0 aromatic rings. The summed E-state index contributed by atoms with van der Waals surface area (Å²) < 4.78 is 5.40. The summed E-state index contributed by atoms with van der Waals surface area (Å²) in [4.78, 5) is 25.8. The maximum Gasteiger partial charge on any atom is 0.319 e. The van der Waals surface area contributed by atoms with E-state index >= 15 is 0 Å². The fraction of sp³-hybridized carbons (Fsp3) is 0.826. The highest BCUT2D eigenvalue weighted by atomic mass is 16.5. The Balaban J connectivity index is 1.74. The molecule has 3 heteroatoms. The van der Waals surface area contributed by atoms with Gasteiger partial charge in [0.2, 0.25) is 0 Å². The highest BCUT2D eigenvalue weighted by molar-refractivity contribution is 6.04. The van der Waals surface area contributed by atoms with Gasteiger partial charge in [0.05, 0.1) is 6.61 Å². The molecule has 0 radical (unpaired) electrons. The molecule has 4 aliphatic carbocycles. The minimum absolute atomic E-state index is 0.0552. The van der Waals surface area contributed by atoms with Crippen LogP contribution in [0.25, 0.3) is 0 Å². The predicted octanol–water partition coefficient (Wildman–Crippen LogP) is 5.09. The standard InChI is InChI=1S/C23H34O3/c1-6-26-19(25)22(5)16-8-12-23-13-15(2)20(3,14-23)10-7-17(23)21(16,4)11-9-18(22)24/h16-17H,2,6-14H2,1,3-5H3/t16-,17-,20-,21+,22-,23-/m0/s1. The van der Waals surface area contributed by atoms with Crippen LogP contribution in [0.1, 0.15) is 79.1 Å². The molecule has 0 unspecified atom stereocenters. The van der Waals surface area contributed by atoms with Crippen molar-refractivity contribution in [2.24, 2.45) is 33.5 Å². The van der Waals surface area contributed by atoms with Gasteiger partial charge in [-0.05, 0) is 86.9 Å². The average Bonchev–Trinajstić information content (AvgIpc) is 2.76. The first-order valence-corrected chi connectivity index (χ1v) is 10.5. The molecule has 0 heterocycles. The summed E-state index contributed by atoms with van der Waals surface area (Å²) in [6.45, 7) is 13.3. The molecule has 4 rings (SSSR count). The number of hydrogen-bond donors (Lipinski definition) is 0. The number of esters is 1. The number of rotatable bonds is 2. The smallest absolute Gasteiger partial charge is 0.319 e. The molecule has 0 aliphatic heterocycles. The largest absolute Gasteiger partial charge is 0.465 e. The molecule has 4 fully saturated rings. The van der Waals surface area contributed by atoms with Crippen molar-refractivity contribution >= 4 is 11.8 Å². The van der Waals surface area contributed by atoms with Crippen LogP contribution in [0.3, 0.4) is 0 Å². The van der Waals surface area contributed by atoms with Crippen LogP contribution in [-0.4, -0.2) is 18.4 Å². The van der Waals surface area contributed by atoms with E-state index in [4.69, 9.17) is 4.74 Å². The van der Waals surface area contributed by atoms with Crippen LogP contribution in [0.5, 0.6) is 0 Å². The Bertz CT molecular complexity index is 681. The lowest BCUT2D eigenvalue weighted by molar-refractivity contribution is -0.189. The lowest BCUT2D eigenvalue weighted by Gasteiger charge is -2.63. The zero-order valence-corrected chi connectivity index (χ0v) is 17.0. The van der Waals surface area contributed by atoms with Crippen LogP contribution >= 0.6 is 0 Å². The highest BCUT2D eigenvalue weighted by Crippen LogP contribution is 2.74. The van der Waals surface area contributed by atoms with E-state index in [-0.39, 0.29) is 23.1 Å². The van der Waals surface area contributed by atoms with E-state index in [1.54, 1.807) is 0 Å². The summed E-state index contributed by atoms with van der Waals surface area (Å²) >= 11 is 0. The minimum Gasteiger partial charge on any atom is -0.465 e. The zero-order chi connectivity index (χ0) is 19.0. The molecule has 2 bridgehead atoms. The fourth-order valence-corrected chi connectivity index (χ4v) is 7.94. The van der Waals surface area contributed by atoms with Gasteiger partial charge in [0, 0.05) is 6.42 Å². The van der Waals surface area contributed by atoms with Gasteiger partial charge in [-0.1, -0.05) is 26.0 Å². The first-order chi connectivity index (χ1) is 12.1. The molecule has 0 aromatic heterocycles. The second-order valence-electron chi connectivity index (χ2n) is 10.4. The molecule has 4 aliphatic rings. The van der Waals surface area contributed by atoms with E-state index in [2.05, 4.69) is 20.4 Å². The Kier molecular flexibility index (Phi) is 3.83. The number of ether oxygens (including phenoxy) is 1. The zero-order valence-electron chi connectivity index (χ0n) is 17.0. The molecule has 3 nitrogen and oxygen atoms in total. The maximum atomic E-state index is 12.9. The molecule has 6 atom stereocenters. The maximum absolute atomic E-state index is 12.9. The van der Waals surface area contributed by atoms with Crippen LogP contribution in [0.2, 0.25) is 0 Å². The number of carbonyl (C=O) groups is 2. The third-order valence-electron chi connectivity index (χ3n) is 9.27. The van der Waals surface area contributed by atoms with Crippen molar-refractivity contribution in [2.75, 3.05) is 6.61 Å². The van der Waals surface area contributed by atoms with Gasteiger partial charge in [0.15, 0.2) is 0 Å². The van der Waals surface area contributed by atoms with Crippen LogP contribution in [0.15, 0.2) is 12.2 Å². The summed E-state index contributed by atoms with van der Waals surface area (Å²) in [5, 5.41) is 0. The summed E-state index contributed by atoms with van der Waals surface area (Å²) in [7, 11) is 0. The summed E-state index contributed by atoms with van der Waals surface area (Å²) in [5.74, 6) is 0.534. The first kappa shape index (κ1) is 18.3. The molecule has 0 saturated heterocycles. The van der Waals surface area contributed by atoms with E-state index in [0.29, 0.717) is 29.8 Å². The summed E-state index contributed by atoms with van der Waals surface area (Å²) in [6, 6.07) is 0. The van der Waals surface area contributed by atoms with Gasteiger partial charge in [-0.25, -0.2) is 0 Å². The van der Waals surface area contributed by atoms with Gasteiger partial charge in [-0.3, -0.25) is 9.59 Å². The van der Waals surface area contributed by atoms with Crippen LogP contribution in [0.4, 0.5) is 0 Å². The molecule has 144 valence electrons. The second-order valence-corrected chi connectivity index (χ2v) is 10.4. The second kappa shape index (κ2) is 5.45. The van der Waals surface area contributed by atoms with Gasteiger partial charge >= 0.3 is 5.97 Å². The monoisotopic (exact) mass is 358 g/mol. The Morgan fingerprint density at radius 1 is 1.15 bits per heavy atom. The average molecular weight is 359 g/mol. The topological polar surface area (TPSA) is 43.4 Å². The van der Waals surface area contributed by atoms with Crippen LogP contribution in [0, 0.1) is 33.5 Å². The molecule has 0 N–H and O–H groups in total. The minimum atomic E-state index is -0.957. The Morgan fingerprint density at radius 3 is 2.54 bits per heavy atom. The molecule has 1 spiro atoms. The molecule has 0 aromatic carbocycles. The van der Waals surface area contributed by atoms with E-state index in [1.165, 1.54) is 24.8 Å². The molecular weight excluding hydrogens is 324 g/mol. The van der Waals surface area contributed by atoms with Gasteiger partial charge in [0.1, 0.15) is 11.2 Å². The highest BCUT2D eigenvalue weighted by Gasteiger charge is 2.68. The normalized spacial score (nSPS) is 50.2. The fourth-order valence-electron chi connectivity index (χ4n) is 7.94. The lowest BCUT2D eigenvalue weighted by Crippen LogP contribution is -2.61. The van der Waals surface area contributed by atoms with E-state index in [9.17, 15) is 9.59 Å². The number of hydrogen-bond acceptors (Lipinski definition) is 3. The summed E-state index contributed by atoms with van der Waals surface area (Å²) in [5.41, 5.74) is 1.21. The number of ketones is 1. The Hall–Kier alpha value is -1.12. The van der Waals surface area contributed by atoms with Crippen molar-refractivity contribution in [1.29, 1.82) is 0 Å². The third-order valence-corrected chi connectivity index (χ3v) is 9.27. The van der Waals surface area contributed by atoms with Crippen molar-refractivity contribution < 1.29 is 14.3 Å². The van der Waals surface area contributed by atoms with Crippen molar-refractivity contribution in [3.8, 4) is 0 Å². The van der Waals surface area contributed by atoms with Gasteiger partial charge in [-0.15, -0.1) is 0 Å². The Labute approximate surface area is 157 Å². The van der Waals surface area contributed by atoms with Gasteiger partial charge < -0.3 is 4.74 Å². The van der Waals surface area contributed by atoms with Gasteiger partial charge in [0.25, 0.3) is 0 Å². The van der Waals surface area contributed by atoms with Crippen LogP contribution in [-0.2, 0) is 14.3 Å². The number of fused-ring (bicyclic) bond motifs is 3. The lowest BCUT2D eigenvalue weighted by atomic mass is 9.40. The SMILES string of the molecule is C=C1C[C@]23CC[C@@H]4[C@](C)(C(=O)OCC)C(=O)CC[C@@]4(C)[C@@H]2CC[C@@]1(C)C3. The quantitative estimate of drug-likeness (QED) is 0.392. The van der Waals surface area contributed by atoms with E-state index in [0.717, 1.165) is 25.7 Å². The molecule has 4 saturated carbocycles. The number of Topliss-reactive ketones (excluding diaryl/α,β-unsaturated/α-hetero) is 1. The first-order valence-electron chi connectivity index (χ1n) is 10.5. The summed E-state index contributed by atoms with van der Waals surface area (Å²) in [6.07, 6.45) is 8.40. The van der Waals surface area contributed by atoms with Gasteiger partial charge in [-0.2, -0.15) is 0 Å². The third kappa shape index (κ3) is 2.06.